The molecule has 0 saturated carbocycles. The summed E-state index contributed by atoms with van der Waals surface area (Å²) in [5, 5.41) is 13.5. The number of carbonyl (C=O) groups excluding carboxylic acids is 2. The second-order valence-corrected chi connectivity index (χ2v) is 15.1. The number of benzene rings is 2. The number of carbonyl (C=O) groups is 2. The van der Waals surface area contributed by atoms with E-state index in [1.165, 1.54) is 16.7 Å². The van der Waals surface area contributed by atoms with E-state index >= 15 is 17.6 Å². The van der Waals surface area contributed by atoms with Crippen molar-refractivity contribution in [3.8, 4) is 17.2 Å². The van der Waals surface area contributed by atoms with Gasteiger partial charge in [-0.15, -0.1) is 23.1 Å². The Bertz CT molecular complexity index is 2230. The highest BCUT2D eigenvalue weighted by molar-refractivity contribution is 7.99. The van der Waals surface area contributed by atoms with E-state index in [-0.39, 0.29) is 97.7 Å². The Morgan fingerprint density at radius 1 is 1.18 bits per heavy atom. The molecule has 2 fully saturated rings. The van der Waals surface area contributed by atoms with Crippen LogP contribution in [0.25, 0.3) is 32.1 Å². The van der Waals surface area contributed by atoms with Crippen LogP contribution in [0.1, 0.15) is 37.8 Å². The van der Waals surface area contributed by atoms with Crippen LogP contribution in [0.3, 0.4) is 0 Å². The third kappa shape index (κ3) is 5.61. The van der Waals surface area contributed by atoms with Crippen LogP contribution in [0.2, 0.25) is 0 Å². The molecule has 0 spiro atoms. The predicted octanol–water partition coefficient (Wildman–Crippen LogP) is 6.06. The zero-order valence-electron chi connectivity index (χ0n) is 27.9. The standard InChI is InChI=1S/C35H33F4N7O3S2/c1-5-25(47)46-17(2)13-43(14-18(46)3)32-21-11-23(35(37,38)39)28(20-8-9-24(36)30-27(20)22(12-40)33(41-4)51-30)31-29(21)45(34(49)42-32)15-19(16-50-31)44-10-6-7-26(44)48/h5,8-9,11,17-19,41H,1,6-7,10,13-16H2,2-4H3/t17-,18+,19?. The number of anilines is 2. The fourth-order valence-electron chi connectivity index (χ4n) is 7.82. The maximum atomic E-state index is 15.5. The van der Waals surface area contributed by atoms with Crippen molar-refractivity contribution in [2.45, 2.75) is 62.4 Å². The molecule has 1 unspecified atom stereocenters. The summed E-state index contributed by atoms with van der Waals surface area (Å²) in [7, 11) is 1.55. The summed E-state index contributed by atoms with van der Waals surface area (Å²) in [6.45, 7) is 8.07. The number of nitrogens with one attached hydrogen (secondary N) is 1. The molecular weight excluding hydrogens is 707 g/mol. The summed E-state index contributed by atoms with van der Waals surface area (Å²) < 4.78 is 63.2. The number of nitrogens with zero attached hydrogens (tertiary/aromatic N) is 6. The third-order valence-corrected chi connectivity index (χ3v) is 12.4. The van der Waals surface area contributed by atoms with E-state index in [1.807, 2.05) is 13.8 Å². The van der Waals surface area contributed by atoms with Crippen molar-refractivity contribution in [3.05, 3.63) is 58.3 Å². The maximum absolute atomic E-state index is 15.5. The highest BCUT2D eigenvalue weighted by atomic mass is 32.2. The topological polar surface area (TPSA) is 115 Å². The van der Waals surface area contributed by atoms with E-state index in [0.29, 0.717) is 24.4 Å². The fourth-order valence-corrected chi connectivity index (χ4v) is 10.2. The number of thioether (sulfide) groups is 1. The van der Waals surface area contributed by atoms with Gasteiger partial charge in [0.15, 0.2) is 0 Å². The number of piperazine rings is 1. The van der Waals surface area contributed by atoms with Gasteiger partial charge in [0.2, 0.25) is 11.8 Å². The first-order valence-electron chi connectivity index (χ1n) is 16.4. The van der Waals surface area contributed by atoms with E-state index in [0.717, 1.165) is 35.2 Å². The normalized spacial score (nSPS) is 20.9. The second kappa shape index (κ2) is 12.9. The number of alkyl halides is 3. The van der Waals surface area contributed by atoms with Crippen molar-refractivity contribution in [2.24, 2.45) is 0 Å². The minimum absolute atomic E-state index is 0.00396. The quantitative estimate of drug-likeness (QED) is 0.194. The number of hydrogen-bond donors (Lipinski definition) is 1. The molecule has 2 aromatic heterocycles. The number of halogens is 4. The molecular formula is C35H33F4N7O3S2. The van der Waals surface area contributed by atoms with Crippen LogP contribution >= 0.6 is 23.1 Å². The Morgan fingerprint density at radius 3 is 2.51 bits per heavy atom. The van der Waals surface area contributed by atoms with Crippen LogP contribution < -0.4 is 15.9 Å². The van der Waals surface area contributed by atoms with Crippen LogP contribution in [-0.2, 0) is 22.3 Å². The maximum Gasteiger partial charge on any atom is 0.417 e. The molecule has 0 radical (unpaired) electrons. The zero-order chi connectivity index (χ0) is 36.5. The van der Waals surface area contributed by atoms with Crippen molar-refractivity contribution < 1.29 is 27.2 Å². The summed E-state index contributed by atoms with van der Waals surface area (Å²) in [6, 6.07) is 4.13. The molecule has 3 aliphatic heterocycles. The molecule has 5 heterocycles. The molecule has 10 nitrogen and oxygen atoms in total. The van der Waals surface area contributed by atoms with Crippen LogP contribution in [0.15, 0.2) is 40.5 Å². The molecule has 266 valence electrons. The Balaban J connectivity index is 1.56. The van der Waals surface area contributed by atoms with Gasteiger partial charge in [-0.2, -0.15) is 23.4 Å². The highest BCUT2D eigenvalue weighted by Gasteiger charge is 2.41. The predicted molar refractivity (Wildman–Crippen MR) is 190 cm³/mol. The van der Waals surface area contributed by atoms with Crippen molar-refractivity contribution in [3.63, 3.8) is 0 Å². The number of fused-ring (bicyclic) bond motifs is 1. The molecule has 0 bridgehead atoms. The Morgan fingerprint density at radius 2 is 1.90 bits per heavy atom. The molecule has 3 aliphatic rings. The van der Waals surface area contributed by atoms with Crippen LogP contribution in [0, 0.1) is 17.1 Å². The van der Waals surface area contributed by atoms with Gasteiger partial charge < -0.3 is 20.0 Å². The lowest BCUT2D eigenvalue weighted by atomic mass is 9.92. The Hall–Kier alpha value is -4.62. The summed E-state index contributed by atoms with van der Waals surface area (Å²) in [5.74, 6) is -0.819. The number of rotatable bonds is 5. The average Bonchev–Trinajstić information content (AvgIpc) is 3.63. The van der Waals surface area contributed by atoms with Gasteiger partial charge in [0.25, 0.3) is 0 Å². The summed E-state index contributed by atoms with van der Waals surface area (Å²) >= 11 is 2.04. The van der Waals surface area contributed by atoms with Crippen LogP contribution in [-0.4, -0.2) is 81.7 Å². The van der Waals surface area contributed by atoms with Gasteiger partial charge in [0.05, 0.1) is 27.4 Å². The first kappa shape index (κ1) is 34.8. The molecule has 2 aromatic carbocycles. The SMILES string of the molecule is C=CC(=O)N1[C@H](C)CN(c2nc(=O)n3c4c(c(-c5ccc(F)c6sc(NC)c(C#N)c56)c(C(F)(F)F)cc24)SCC(N2CCCC2=O)C3)C[C@@H]1C. The van der Waals surface area contributed by atoms with Gasteiger partial charge >= 0.3 is 11.9 Å². The third-order valence-electron chi connectivity index (χ3n) is 9.91. The minimum Gasteiger partial charge on any atom is -0.379 e. The molecule has 3 atom stereocenters. The lowest BCUT2D eigenvalue weighted by Gasteiger charge is -2.44. The molecule has 51 heavy (non-hydrogen) atoms. The van der Waals surface area contributed by atoms with E-state index < -0.39 is 29.3 Å². The van der Waals surface area contributed by atoms with E-state index in [4.69, 9.17) is 0 Å². The van der Waals surface area contributed by atoms with Gasteiger partial charge in [-0.25, -0.2) is 9.18 Å². The zero-order valence-corrected chi connectivity index (χ0v) is 29.6. The molecule has 4 aromatic rings. The number of thiophene rings is 1. The molecule has 2 amide bonds. The van der Waals surface area contributed by atoms with Crippen molar-refractivity contribution >= 4 is 66.7 Å². The second-order valence-electron chi connectivity index (χ2n) is 13.0. The first-order valence-corrected chi connectivity index (χ1v) is 18.2. The van der Waals surface area contributed by atoms with Gasteiger partial charge in [0, 0.05) is 78.7 Å². The van der Waals surface area contributed by atoms with Crippen LogP contribution in [0.4, 0.5) is 28.4 Å². The van der Waals surface area contributed by atoms with Gasteiger partial charge in [-0.05, 0) is 44.0 Å². The van der Waals surface area contributed by atoms with Gasteiger partial charge in [0.1, 0.15) is 22.7 Å². The lowest BCUT2D eigenvalue weighted by Crippen LogP contribution is -2.58. The number of hydrogen-bond acceptors (Lipinski definition) is 9. The molecule has 2 saturated heterocycles. The molecule has 0 aliphatic carbocycles. The van der Waals surface area contributed by atoms with E-state index in [1.54, 1.807) is 21.7 Å². The summed E-state index contributed by atoms with van der Waals surface area (Å²) in [5.41, 5.74) is -1.76. The number of aromatic nitrogens is 2. The number of nitriles is 1. The minimum atomic E-state index is -4.93. The summed E-state index contributed by atoms with van der Waals surface area (Å²) in [6.07, 6.45) is -2.75. The fraction of sp³-hybridized carbons (Fsp3) is 0.400. The monoisotopic (exact) mass is 739 g/mol. The highest BCUT2D eigenvalue weighted by Crippen LogP contribution is 2.52. The smallest absolute Gasteiger partial charge is 0.379 e. The number of likely N-dealkylation sites (tertiary alicyclic amines) is 1. The first-order chi connectivity index (χ1) is 24.3. The largest absolute Gasteiger partial charge is 0.417 e. The van der Waals surface area contributed by atoms with Gasteiger partial charge in [-0.1, -0.05) is 12.6 Å². The van der Waals surface area contributed by atoms with E-state index in [2.05, 4.69) is 22.9 Å². The van der Waals surface area contributed by atoms with Crippen molar-refractivity contribution in [1.82, 2.24) is 19.4 Å². The Labute approximate surface area is 298 Å². The molecule has 16 heteroatoms. The van der Waals surface area contributed by atoms with Crippen molar-refractivity contribution in [2.75, 3.05) is 42.7 Å². The molecule has 1 N–H and O–H groups in total. The van der Waals surface area contributed by atoms with Gasteiger partial charge in [-0.3, -0.25) is 14.2 Å². The van der Waals surface area contributed by atoms with E-state index in [9.17, 15) is 19.6 Å². The Kier molecular flexibility index (Phi) is 8.78. The lowest BCUT2D eigenvalue weighted by molar-refractivity contribution is -0.137. The number of amides is 2. The van der Waals surface area contributed by atoms with Crippen LogP contribution in [0.5, 0.6) is 0 Å². The summed E-state index contributed by atoms with van der Waals surface area (Å²) in [4.78, 5) is 49.3. The van der Waals surface area contributed by atoms with Crippen molar-refractivity contribution in [1.29, 1.82) is 5.26 Å². The molecule has 7 rings (SSSR count). The average molecular weight is 740 g/mol.